The maximum absolute atomic E-state index is 11.9. The third-order valence-corrected chi connectivity index (χ3v) is 4.30. The minimum absolute atomic E-state index is 0.140. The Morgan fingerprint density at radius 3 is 2.90 bits per heavy atom. The molecule has 112 valence electrons. The largest absolute Gasteiger partial charge is 0.368 e. The summed E-state index contributed by atoms with van der Waals surface area (Å²) in [7, 11) is 0. The van der Waals surface area contributed by atoms with Crippen molar-refractivity contribution < 1.29 is 4.79 Å². The van der Waals surface area contributed by atoms with Crippen LogP contribution in [0.3, 0.4) is 0 Å². The summed E-state index contributed by atoms with van der Waals surface area (Å²) >= 11 is 0. The molecule has 0 bridgehead atoms. The van der Waals surface area contributed by atoms with Gasteiger partial charge in [0.2, 0.25) is 5.91 Å². The first-order chi connectivity index (χ1) is 9.99. The fraction of sp³-hybridized carbons (Fsp3) is 0.500. The summed E-state index contributed by atoms with van der Waals surface area (Å²) in [6, 6.07) is 8.61. The third-order valence-electron chi connectivity index (χ3n) is 4.30. The van der Waals surface area contributed by atoms with Gasteiger partial charge in [-0.1, -0.05) is 12.1 Å². The Labute approximate surface area is 124 Å². The van der Waals surface area contributed by atoms with E-state index in [0.717, 1.165) is 23.9 Å². The average Bonchev–Trinajstić information content (AvgIpc) is 3.14. The van der Waals surface area contributed by atoms with Crippen LogP contribution in [0.5, 0.6) is 0 Å². The van der Waals surface area contributed by atoms with E-state index in [9.17, 15) is 4.79 Å². The number of para-hydroxylation sites is 2. The molecule has 0 saturated heterocycles. The Bertz CT molecular complexity index is 661. The number of aromatic nitrogens is 2. The number of nitrogens with one attached hydrogen (secondary N) is 1. The zero-order valence-corrected chi connectivity index (χ0v) is 12.5. The van der Waals surface area contributed by atoms with E-state index in [4.69, 9.17) is 5.73 Å². The molecule has 5 nitrogen and oxygen atoms in total. The topological polar surface area (TPSA) is 72.9 Å². The summed E-state index contributed by atoms with van der Waals surface area (Å²) in [5, 5.41) is 3.40. The van der Waals surface area contributed by atoms with Gasteiger partial charge in [-0.2, -0.15) is 0 Å². The highest BCUT2D eigenvalue weighted by Crippen LogP contribution is 2.29. The lowest BCUT2D eigenvalue weighted by Gasteiger charge is -2.31. The van der Waals surface area contributed by atoms with Crippen molar-refractivity contribution in [2.45, 2.75) is 50.7 Å². The van der Waals surface area contributed by atoms with Crippen molar-refractivity contribution in [2.24, 2.45) is 5.73 Å². The summed E-state index contributed by atoms with van der Waals surface area (Å²) in [6.45, 7) is 4.01. The molecule has 1 aliphatic carbocycles. The van der Waals surface area contributed by atoms with Gasteiger partial charge in [0, 0.05) is 12.1 Å². The van der Waals surface area contributed by atoms with Gasteiger partial charge in [-0.25, -0.2) is 4.98 Å². The number of primary amides is 1. The summed E-state index contributed by atoms with van der Waals surface area (Å²) in [6.07, 6.45) is 4.75. The van der Waals surface area contributed by atoms with Crippen LogP contribution < -0.4 is 11.1 Å². The maximum Gasteiger partial charge on any atom is 0.237 e. The zero-order chi connectivity index (χ0) is 15.0. The third kappa shape index (κ3) is 2.78. The van der Waals surface area contributed by atoms with E-state index < -0.39 is 5.54 Å². The Morgan fingerprint density at radius 1 is 1.52 bits per heavy atom. The van der Waals surface area contributed by atoms with Crippen molar-refractivity contribution in [3.63, 3.8) is 0 Å². The molecule has 1 heterocycles. The molecule has 1 aromatic heterocycles. The Kier molecular flexibility index (Phi) is 3.45. The summed E-state index contributed by atoms with van der Waals surface area (Å²) in [5.74, 6) is -0.286. The van der Waals surface area contributed by atoms with Crippen LogP contribution in [0.4, 0.5) is 0 Å². The molecular weight excluding hydrogens is 264 g/mol. The first kappa shape index (κ1) is 14.1. The van der Waals surface area contributed by atoms with Gasteiger partial charge in [-0.15, -0.1) is 0 Å². The quantitative estimate of drug-likeness (QED) is 0.853. The number of nitrogens with zero attached hydrogens (tertiary/aromatic N) is 2. The molecule has 1 fully saturated rings. The molecule has 2 atom stereocenters. The van der Waals surface area contributed by atoms with Gasteiger partial charge in [-0.3, -0.25) is 4.79 Å². The van der Waals surface area contributed by atoms with Gasteiger partial charge < -0.3 is 15.6 Å². The number of carbonyl (C=O) groups is 1. The number of hydrogen-bond donors (Lipinski definition) is 2. The molecule has 3 N–H and O–H groups in total. The number of fused-ring (bicyclic) bond motifs is 1. The standard InChI is InChI=1S/C16H22N4O/c1-11(9-16(2,15(17)21)19-12-7-8-12)20-10-18-13-5-3-4-6-14(13)20/h3-6,10-12,19H,7-9H2,1-2H3,(H2,17,21). The van der Waals surface area contributed by atoms with E-state index in [1.807, 2.05) is 31.5 Å². The van der Waals surface area contributed by atoms with Crippen LogP contribution in [0.2, 0.25) is 0 Å². The van der Waals surface area contributed by atoms with Crippen LogP contribution in [0, 0.1) is 0 Å². The van der Waals surface area contributed by atoms with Crippen molar-refractivity contribution >= 4 is 16.9 Å². The van der Waals surface area contributed by atoms with Crippen LogP contribution in [0.15, 0.2) is 30.6 Å². The second kappa shape index (κ2) is 5.15. The lowest BCUT2D eigenvalue weighted by atomic mass is 9.92. The summed E-state index contributed by atoms with van der Waals surface area (Å²) in [5.41, 5.74) is 7.02. The fourth-order valence-electron chi connectivity index (χ4n) is 2.93. The van der Waals surface area contributed by atoms with Gasteiger partial charge in [0.05, 0.1) is 22.9 Å². The number of nitrogens with two attached hydrogens (primary N) is 1. The van der Waals surface area contributed by atoms with E-state index in [1.54, 1.807) is 0 Å². The normalized spacial score (nSPS) is 19.3. The molecule has 0 radical (unpaired) electrons. The number of rotatable bonds is 6. The minimum atomic E-state index is -0.675. The highest BCUT2D eigenvalue weighted by atomic mass is 16.1. The average molecular weight is 286 g/mol. The summed E-state index contributed by atoms with van der Waals surface area (Å²) < 4.78 is 2.12. The Hall–Kier alpha value is -1.88. The molecule has 0 aliphatic heterocycles. The Morgan fingerprint density at radius 2 is 2.24 bits per heavy atom. The van der Waals surface area contributed by atoms with Crippen LogP contribution in [-0.2, 0) is 4.79 Å². The van der Waals surface area contributed by atoms with Crippen LogP contribution in [-0.4, -0.2) is 27.0 Å². The molecule has 3 rings (SSSR count). The van der Waals surface area contributed by atoms with Crippen LogP contribution >= 0.6 is 0 Å². The van der Waals surface area contributed by atoms with E-state index in [-0.39, 0.29) is 11.9 Å². The molecule has 5 heteroatoms. The van der Waals surface area contributed by atoms with E-state index in [0.29, 0.717) is 12.5 Å². The van der Waals surface area contributed by atoms with Gasteiger partial charge in [0.15, 0.2) is 0 Å². The Balaban J connectivity index is 1.83. The van der Waals surface area contributed by atoms with Crippen molar-refractivity contribution in [3.05, 3.63) is 30.6 Å². The fourth-order valence-corrected chi connectivity index (χ4v) is 2.93. The van der Waals surface area contributed by atoms with Gasteiger partial charge in [0.1, 0.15) is 0 Å². The second-order valence-electron chi connectivity index (χ2n) is 6.31. The van der Waals surface area contributed by atoms with E-state index in [1.165, 1.54) is 0 Å². The number of benzene rings is 1. The zero-order valence-electron chi connectivity index (χ0n) is 12.5. The SMILES string of the molecule is CC(CC(C)(NC1CC1)C(N)=O)n1cnc2ccccc21. The van der Waals surface area contributed by atoms with Gasteiger partial charge in [0.25, 0.3) is 0 Å². The number of carbonyl (C=O) groups excluding carboxylic acids is 1. The molecule has 1 amide bonds. The first-order valence-electron chi connectivity index (χ1n) is 7.49. The maximum atomic E-state index is 11.9. The number of imidazole rings is 1. The van der Waals surface area contributed by atoms with Crippen molar-refractivity contribution in [2.75, 3.05) is 0 Å². The predicted molar refractivity (Wildman–Crippen MR) is 82.8 cm³/mol. The van der Waals surface area contributed by atoms with Crippen molar-refractivity contribution in [1.29, 1.82) is 0 Å². The highest BCUT2D eigenvalue weighted by molar-refractivity contribution is 5.84. The molecule has 2 aromatic rings. The van der Waals surface area contributed by atoms with E-state index in [2.05, 4.69) is 27.9 Å². The first-order valence-corrected chi connectivity index (χ1v) is 7.49. The number of hydrogen-bond acceptors (Lipinski definition) is 3. The molecule has 1 saturated carbocycles. The van der Waals surface area contributed by atoms with Crippen molar-refractivity contribution in [3.8, 4) is 0 Å². The minimum Gasteiger partial charge on any atom is -0.368 e. The lowest BCUT2D eigenvalue weighted by molar-refractivity contribution is -0.124. The van der Waals surface area contributed by atoms with Crippen LogP contribution in [0.1, 0.15) is 39.2 Å². The highest BCUT2D eigenvalue weighted by Gasteiger charge is 2.38. The molecule has 1 aliphatic rings. The van der Waals surface area contributed by atoms with Gasteiger partial charge >= 0.3 is 0 Å². The second-order valence-corrected chi connectivity index (χ2v) is 6.31. The lowest BCUT2D eigenvalue weighted by Crippen LogP contribution is -2.54. The molecular formula is C16H22N4O. The van der Waals surface area contributed by atoms with Gasteiger partial charge in [-0.05, 0) is 45.2 Å². The molecule has 0 spiro atoms. The molecule has 1 aromatic carbocycles. The summed E-state index contributed by atoms with van der Waals surface area (Å²) in [4.78, 5) is 16.3. The van der Waals surface area contributed by atoms with Crippen LogP contribution in [0.25, 0.3) is 11.0 Å². The van der Waals surface area contributed by atoms with Crippen molar-refractivity contribution in [1.82, 2.24) is 14.9 Å². The smallest absolute Gasteiger partial charge is 0.237 e. The van der Waals surface area contributed by atoms with E-state index >= 15 is 0 Å². The molecule has 21 heavy (non-hydrogen) atoms. The number of amides is 1. The predicted octanol–water partition coefficient (Wildman–Crippen LogP) is 1.98. The monoisotopic (exact) mass is 286 g/mol. The molecule has 2 unspecified atom stereocenters.